The zero-order valence-corrected chi connectivity index (χ0v) is 18.6. The number of rotatable bonds is 5. The molecule has 160 valence electrons. The van der Waals surface area contributed by atoms with Gasteiger partial charge in [0.1, 0.15) is 0 Å². The zero-order valence-electron chi connectivity index (χ0n) is 18.6. The number of carbonyl (C=O) groups is 1. The van der Waals surface area contributed by atoms with Crippen molar-refractivity contribution in [1.82, 2.24) is 14.9 Å². The molecule has 2 heterocycles. The van der Waals surface area contributed by atoms with Gasteiger partial charge in [-0.2, -0.15) is 0 Å². The monoisotopic (exact) mass is 406 g/mol. The minimum Gasteiger partial charge on any atom is -0.342 e. The second-order valence-electron chi connectivity index (χ2n) is 9.10. The van der Waals surface area contributed by atoms with E-state index in [9.17, 15) is 4.79 Å². The largest absolute Gasteiger partial charge is 0.342 e. The quantitative estimate of drug-likeness (QED) is 0.724. The smallest absolute Gasteiger partial charge is 0.257 e. The topological polar surface area (TPSA) is 49.3 Å². The van der Waals surface area contributed by atoms with Crippen LogP contribution in [0.5, 0.6) is 0 Å². The molecule has 5 nitrogen and oxygen atoms in total. The van der Waals surface area contributed by atoms with E-state index in [1.807, 2.05) is 14.0 Å². The predicted molar refractivity (Wildman–Crippen MR) is 121 cm³/mol. The van der Waals surface area contributed by atoms with Crippen molar-refractivity contribution in [3.05, 3.63) is 53.3 Å². The average molecular weight is 407 g/mol. The Morgan fingerprint density at radius 2 is 1.93 bits per heavy atom. The lowest BCUT2D eigenvalue weighted by Gasteiger charge is -2.34. The van der Waals surface area contributed by atoms with Crippen LogP contribution < -0.4 is 4.90 Å². The maximum atomic E-state index is 13.3. The number of nitrogens with zero attached hydrogens (tertiary/aromatic N) is 4. The van der Waals surface area contributed by atoms with Gasteiger partial charge in [0.2, 0.25) is 5.95 Å². The van der Waals surface area contributed by atoms with Crippen molar-refractivity contribution >= 4 is 11.9 Å². The van der Waals surface area contributed by atoms with E-state index in [1.165, 1.54) is 18.4 Å². The molecule has 1 unspecified atom stereocenters. The first kappa shape index (κ1) is 20.8. The molecule has 5 heteroatoms. The molecule has 1 aromatic carbocycles. The van der Waals surface area contributed by atoms with Gasteiger partial charge in [-0.3, -0.25) is 4.79 Å². The SMILES string of the molecule is CCN(C)C(=O)c1cnc(N2CCCC(C)C2)nc1C1(c2ccccc2)CCCC1. The minimum atomic E-state index is -0.208. The van der Waals surface area contributed by atoms with Gasteiger partial charge in [0.05, 0.1) is 11.3 Å². The molecular weight excluding hydrogens is 372 g/mol. The number of anilines is 1. The Balaban J connectivity index is 1.85. The molecule has 1 saturated carbocycles. The van der Waals surface area contributed by atoms with E-state index < -0.39 is 0 Å². The summed E-state index contributed by atoms with van der Waals surface area (Å²) in [6.07, 6.45) is 8.60. The van der Waals surface area contributed by atoms with Crippen molar-refractivity contribution < 1.29 is 4.79 Å². The van der Waals surface area contributed by atoms with Crippen molar-refractivity contribution in [2.45, 2.75) is 57.8 Å². The van der Waals surface area contributed by atoms with Gasteiger partial charge >= 0.3 is 0 Å². The molecule has 1 aliphatic heterocycles. The second kappa shape index (κ2) is 8.75. The number of amides is 1. The third kappa shape index (κ3) is 3.82. The third-order valence-corrected chi connectivity index (χ3v) is 7.00. The molecule has 0 spiro atoms. The maximum Gasteiger partial charge on any atom is 0.257 e. The van der Waals surface area contributed by atoms with Crippen LogP contribution in [-0.2, 0) is 5.41 Å². The second-order valence-corrected chi connectivity index (χ2v) is 9.10. The van der Waals surface area contributed by atoms with Crippen LogP contribution in [0.25, 0.3) is 0 Å². The Hall–Kier alpha value is -2.43. The van der Waals surface area contributed by atoms with Gasteiger partial charge < -0.3 is 9.80 Å². The molecule has 1 atom stereocenters. The third-order valence-electron chi connectivity index (χ3n) is 7.00. The summed E-state index contributed by atoms with van der Waals surface area (Å²) in [5, 5.41) is 0. The summed E-state index contributed by atoms with van der Waals surface area (Å²) < 4.78 is 0. The van der Waals surface area contributed by atoms with E-state index in [2.05, 4.69) is 42.2 Å². The summed E-state index contributed by atoms with van der Waals surface area (Å²) in [6, 6.07) is 10.7. The van der Waals surface area contributed by atoms with Crippen molar-refractivity contribution in [3.8, 4) is 0 Å². The van der Waals surface area contributed by atoms with Gasteiger partial charge in [-0.25, -0.2) is 9.97 Å². The van der Waals surface area contributed by atoms with Gasteiger partial charge in [-0.05, 0) is 44.1 Å². The Bertz CT molecular complexity index is 876. The summed E-state index contributed by atoms with van der Waals surface area (Å²) in [7, 11) is 1.86. The number of hydrogen-bond acceptors (Lipinski definition) is 4. The first-order valence-corrected chi connectivity index (χ1v) is 11.5. The molecule has 4 rings (SSSR count). The Kier molecular flexibility index (Phi) is 6.07. The Morgan fingerprint density at radius 3 is 2.60 bits per heavy atom. The molecule has 2 aliphatic rings. The fraction of sp³-hybridized carbons (Fsp3) is 0.560. The first-order valence-electron chi connectivity index (χ1n) is 11.5. The molecule has 1 aromatic heterocycles. The Labute approximate surface area is 180 Å². The van der Waals surface area contributed by atoms with Crippen LogP contribution in [0.4, 0.5) is 5.95 Å². The number of carbonyl (C=O) groups excluding carboxylic acids is 1. The normalized spacial score (nSPS) is 20.9. The fourth-order valence-electron chi connectivity index (χ4n) is 5.16. The van der Waals surface area contributed by atoms with E-state index in [0.29, 0.717) is 18.0 Å². The van der Waals surface area contributed by atoms with E-state index in [-0.39, 0.29) is 11.3 Å². The summed E-state index contributed by atoms with van der Waals surface area (Å²) in [4.78, 5) is 27.2. The van der Waals surface area contributed by atoms with E-state index in [1.54, 1.807) is 11.1 Å². The number of aromatic nitrogens is 2. The molecule has 1 amide bonds. The summed E-state index contributed by atoms with van der Waals surface area (Å²) in [5.74, 6) is 1.45. The predicted octanol–water partition coefficient (Wildman–Crippen LogP) is 4.66. The van der Waals surface area contributed by atoms with Crippen LogP contribution in [-0.4, -0.2) is 47.5 Å². The molecule has 0 radical (unpaired) electrons. The molecule has 1 saturated heterocycles. The Morgan fingerprint density at radius 1 is 1.20 bits per heavy atom. The standard InChI is InChI=1S/C25H34N4O/c1-4-28(3)23(30)21-17-26-24(29-16-10-11-19(2)18-29)27-22(21)25(14-8-9-15-25)20-12-6-5-7-13-20/h5-7,12-13,17,19H,4,8-11,14-16,18H2,1-3H3. The van der Waals surface area contributed by atoms with E-state index in [0.717, 1.165) is 50.4 Å². The van der Waals surface area contributed by atoms with E-state index >= 15 is 0 Å². The highest BCUT2D eigenvalue weighted by Crippen LogP contribution is 2.47. The van der Waals surface area contributed by atoms with Crippen molar-refractivity contribution in [2.24, 2.45) is 5.92 Å². The van der Waals surface area contributed by atoms with Crippen LogP contribution in [0.2, 0.25) is 0 Å². The van der Waals surface area contributed by atoms with Crippen LogP contribution in [0.1, 0.15) is 74.0 Å². The zero-order chi connectivity index (χ0) is 21.1. The van der Waals surface area contributed by atoms with Gasteiger partial charge in [0.25, 0.3) is 5.91 Å². The minimum absolute atomic E-state index is 0.0215. The molecular formula is C25H34N4O. The van der Waals surface area contributed by atoms with Crippen molar-refractivity contribution in [3.63, 3.8) is 0 Å². The summed E-state index contributed by atoms with van der Waals surface area (Å²) in [5.41, 5.74) is 2.66. The highest BCUT2D eigenvalue weighted by atomic mass is 16.2. The lowest BCUT2D eigenvalue weighted by Crippen LogP contribution is -2.38. The molecule has 0 bridgehead atoms. The summed E-state index contributed by atoms with van der Waals surface area (Å²) in [6.45, 7) is 6.94. The average Bonchev–Trinajstić information content (AvgIpc) is 3.29. The first-order chi connectivity index (χ1) is 14.5. The highest BCUT2D eigenvalue weighted by Gasteiger charge is 2.42. The lowest BCUT2D eigenvalue weighted by atomic mass is 9.74. The molecule has 1 aliphatic carbocycles. The van der Waals surface area contributed by atoms with E-state index in [4.69, 9.17) is 9.97 Å². The van der Waals surface area contributed by atoms with Crippen LogP contribution in [0.3, 0.4) is 0 Å². The highest BCUT2D eigenvalue weighted by molar-refractivity contribution is 5.95. The molecule has 2 fully saturated rings. The van der Waals surface area contributed by atoms with Crippen LogP contribution in [0, 0.1) is 5.92 Å². The number of piperidine rings is 1. The molecule has 30 heavy (non-hydrogen) atoms. The maximum absolute atomic E-state index is 13.3. The van der Waals surface area contributed by atoms with Crippen LogP contribution >= 0.6 is 0 Å². The van der Waals surface area contributed by atoms with Gasteiger partial charge in [-0.15, -0.1) is 0 Å². The molecule has 2 aromatic rings. The molecule has 0 N–H and O–H groups in total. The van der Waals surface area contributed by atoms with Gasteiger partial charge in [-0.1, -0.05) is 50.1 Å². The fourth-order valence-corrected chi connectivity index (χ4v) is 5.16. The van der Waals surface area contributed by atoms with Crippen LogP contribution in [0.15, 0.2) is 36.5 Å². The van der Waals surface area contributed by atoms with Crippen molar-refractivity contribution in [2.75, 3.05) is 31.6 Å². The van der Waals surface area contributed by atoms with Gasteiger partial charge in [0, 0.05) is 38.3 Å². The van der Waals surface area contributed by atoms with Crippen molar-refractivity contribution in [1.29, 1.82) is 0 Å². The van der Waals surface area contributed by atoms with Gasteiger partial charge in [0.15, 0.2) is 0 Å². The summed E-state index contributed by atoms with van der Waals surface area (Å²) >= 11 is 0. The number of benzene rings is 1. The number of hydrogen-bond donors (Lipinski definition) is 0. The lowest BCUT2D eigenvalue weighted by molar-refractivity contribution is 0.0798.